The van der Waals surface area contributed by atoms with Crippen molar-refractivity contribution in [2.45, 2.75) is 83.0 Å². The number of alkyl halides is 1. The molecule has 7 heterocycles. The second-order valence-corrected chi connectivity index (χ2v) is 16.5. The Morgan fingerprint density at radius 3 is 2.52 bits per heavy atom. The molecular weight excluding hydrogens is 694 g/mol. The van der Waals surface area contributed by atoms with Crippen molar-refractivity contribution in [3.05, 3.63) is 34.5 Å². The van der Waals surface area contributed by atoms with E-state index in [9.17, 15) is 14.8 Å². The molecule has 0 radical (unpaired) electrons. The van der Waals surface area contributed by atoms with Gasteiger partial charge in [-0.2, -0.15) is 15.2 Å². The molecule has 4 aromatic rings. The maximum Gasteiger partial charge on any atom is 0.319 e. The summed E-state index contributed by atoms with van der Waals surface area (Å²) >= 11 is 0.936. The van der Waals surface area contributed by atoms with Gasteiger partial charge in [0, 0.05) is 67.7 Å². The number of aliphatic hydroxyl groups excluding tert-OH is 1. The number of piperazine rings is 1. The van der Waals surface area contributed by atoms with Gasteiger partial charge >= 0.3 is 6.01 Å². The minimum atomic E-state index is -0.743. The number of thiophene rings is 1. The first-order chi connectivity index (χ1) is 25.1. The summed E-state index contributed by atoms with van der Waals surface area (Å²) in [6.45, 7) is 6.70. The number of aromatic nitrogens is 3. The molecule has 2 bridgehead atoms. The number of β-amino-alcohol motifs (C(OH)–C–C–N with tert-alkyl or cyclic N) is 1. The molecule has 1 aliphatic carbocycles. The predicted octanol–water partition coefficient (Wildman–Crippen LogP) is 5.30. The van der Waals surface area contributed by atoms with Gasteiger partial charge in [-0.3, -0.25) is 9.88 Å². The Morgan fingerprint density at radius 1 is 1.10 bits per heavy atom. The van der Waals surface area contributed by atoms with E-state index < -0.39 is 23.9 Å². The van der Waals surface area contributed by atoms with Crippen LogP contribution in [0.3, 0.4) is 0 Å². The van der Waals surface area contributed by atoms with E-state index in [1.54, 1.807) is 6.92 Å². The molecule has 4 fully saturated rings. The zero-order valence-electron chi connectivity index (χ0n) is 29.0. The van der Waals surface area contributed by atoms with Crippen LogP contribution in [0.25, 0.3) is 32.2 Å². The van der Waals surface area contributed by atoms with Gasteiger partial charge in [-0.25, -0.2) is 13.2 Å². The lowest BCUT2D eigenvalue weighted by Gasteiger charge is -2.42. The summed E-state index contributed by atoms with van der Waals surface area (Å²) < 4.78 is 59.0. The fourth-order valence-electron chi connectivity index (χ4n) is 9.01. The van der Waals surface area contributed by atoms with Crippen molar-refractivity contribution in [2.24, 2.45) is 5.41 Å². The summed E-state index contributed by atoms with van der Waals surface area (Å²) in [6, 6.07) is 2.31. The zero-order chi connectivity index (χ0) is 35.9. The maximum atomic E-state index is 17.5. The van der Waals surface area contributed by atoms with Gasteiger partial charge in [0.2, 0.25) is 0 Å². The SMILES string of the molecule is C[C@@H](O)CN1CC2CCC(C1)N2c1nc(OCC2(CN3CCC(F)CC3)CC2)nc2c(F)c(-c3ncc(F)c4sc(N)c(C#N)c34)c3c(c12)COC3. The number of nitrogen functional groups attached to an aromatic ring is 1. The number of nitrogens with two attached hydrogens (primary N) is 1. The number of likely N-dealkylation sites (tertiary alicyclic amines) is 2. The summed E-state index contributed by atoms with van der Waals surface area (Å²) in [5.41, 5.74) is 7.68. The molecule has 9 rings (SSSR count). The van der Waals surface area contributed by atoms with Gasteiger partial charge in [0.15, 0.2) is 11.6 Å². The normalized spacial score (nSPS) is 23.7. The van der Waals surface area contributed by atoms with Crippen molar-refractivity contribution < 1.29 is 27.8 Å². The maximum absolute atomic E-state index is 17.5. The number of halogens is 3. The lowest BCUT2D eigenvalue weighted by Crippen LogP contribution is -2.55. The lowest BCUT2D eigenvalue weighted by atomic mass is 9.93. The molecule has 0 spiro atoms. The number of hydrogen-bond acceptors (Lipinski definition) is 12. The van der Waals surface area contributed by atoms with E-state index in [0.29, 0.717) is 42.8 Å². The molecule has 3 N–H and O–H groups in total. The highest BCUT2D eigenvalue weighted by Gasteiger charge is 2.46. The second-order valence-electron chi connectivity index (χ2n) is 15.4. The quantitative estimate of drug-likeness (QED) is 0.232. The van der Waals surface area contributed by atoms with Crippen molar-refractivity contribution in [3.63, 3.8) is 0 Å². The minimum absolute atomic E-state index is 0.0543. The molecular formula is C37H41F3N8O3S. The van der Waals surface area contributed by atoms with E-state index in [-0.39, 0.29) is 74.1 Å². The Balaban J connectivity index is 1.18. The first-order valence-electron chi connectivity index (χ1n) is 18.2. The predicted molar refractivity (Wildman–Crippen MR) is 191 cm³/mol. The van der Waals surface area contributed by atoms with Crippen LogP contribution in [0, 0.1) is 28.4 Å². The van der Waals surface area contributed by atoms with Crippen LogP contribution in [0.15, 0.2) is 6.20 Å². The van der Waals surface area contributed by atoms with Crippen LogP contribution in [0.4, 0.5) is 24.0 Å². The van der Waals surface area contributed by atoms with Gasteiger partial charge in [-0.05, 0) is 56.6 Å². The molecule has 0 amide bonds. The minimum Gasteiger partial charge on any atom is -0.463 e. The van der Waals surface area contributed by atoms with Crippen LogP contribution in [0.1, 0.15) is 62.1 Å². The average Bonchev–Trinajstić information content (AvgIpc) is 3.40. The molecule has 3 atom stereocenters. The number of hydrogen-bond donors (Lipinski definition) is 2. The molecule has 5 aliphatic rings. The van der Waals surface area contributed by atoms with Crippen LogP contribution in [0.5, 0.6) is 6.01 Å². The summed E-state index contributed by atoms with van der Waals surface area (Å²) in [5, 5.41) is 21.0. The van der Waals surface area contributed by atoms with Gasteiger partial charge < -0.3 is 30.1 Å². The van der Waals surface area contributed by atoms with E-state index >= 15 is 8.78 Å². The standard InChI is InChI=1S/C37H41F3N8O3S/c1-19(49)12-47-13-21-2-3-22(14-47)48(21)35-29-25-16-50-15-24(25)27(31-28-23(10-41)34(42)52-33(28)26(39)11-43-31)30(40)32(29)44-36(45-35)51-18-37(6-7-37)17-46-8-4-20(38)5-9-46/h11,19-22,49H,2-9,12-18,42H2,1H3/t19-,21?,22?/m1/s1. The van der Waals surface area contributed by atoms with Gasteiger partial charge in [0.05, 0.1) is 53.5 Å². The second kappa shape index (κ2) is 12.9. The number of nitrogens with zero attached hydrogens (tertiary/aromatic N) is 7. The number of fused-ring (bicyclic) bond motifs is 6. The fraction of sp³-hybridized carbons (Fsp3) is 0.568. The third-order valence-corrected chi connectivity index (χ3v) is 12.7. The topological polar surface area (TPSA) is 137 Å². The van der Waals surface area contributed by atoms with Crippen LogP contribution in [-0.4, -0.2) is 100 Å². The van der Waals surface area contributed by atoms with Crippen molar-refractivity contribution >= 4 is 43.1 Å². The van der Waals surface area contributed by atoms with E-state index in [2.05, 4.69) is 25.8 Å². The van der Waals surface area contributed by atoms with Crippen molar-refractivity contribution in [2.75, 3.05) is 56.5 Å². The fourth-order valence-corrected chi connectivity index (χ4v) is 9.93. The van der Waals surface area contributed by atoms with Crippen LogP contribution in [0.2, 0.25) is 0 Å². The first-order valence-corrected chi connectivity index (χ1v) is 19.0. The summed E-state index contributed by atoms with van der Waals surface area (Å²) in [7, 11) is 0. The molecule has 52 heavy (non-hydrogen) atoms. The Morgan fingerprint density at radius 2 is 1.83 bits per heavy atom. The van der Waals surface area contributed by atoms with Gasteiger partial charge in [0.25, 0.3) is 0 Å². The van der Waals surface area contributed by atoms with Crippen LogP contribution in [-0.2, 0) is 18.0 Å². The number of pyridine rings is 1. The Hall–Kier alpha value is -3.81. The molecule has 4 aliphatic heterocycles. The lowest BCUT2D eigenvalue weighted by molar-refractivity contribution is 0.107. The summed E-state index contributed by atoms with van der Waals surface area (Å²) in [6.07, 6.45) is 4.72. The van der Waals surface area contributed by atoms with E-state index in [0.717, 1.165) is 81.5 Å². The van der Waals surface area contributed by atoms with Gasteiger partial charge in [-0.15, -0.1) is 11.3 Å². The number of aliphatic hydroxyl groups is 1. The van der Waals surface area contributed by atoms with Gasteiger partial charge in [-0.1, -0.05) is 0 Å². The van der Waals surface area contributed by atoms with Crippen LogP contribution >= 0.6 is 11.3 Å². The molecule has 2 unspecified atom stereocenters. The highest BCUT2D eigenvalue weighted by Crippen LogP contribution is 2.49. The number of piperidine rings is 1. The van der Waals surface area contributed by atoms with Gasteiger partial charge in [0.1, 0.15) is 28.6 Å². The smallest absolute Gasteiger partial charge is 0.319 e. The van der Waals surface area contributed by atoms with E-state index in [1.807, 2.05) is 0 Å². The molecule has 1 aromatic carbocycles. The third kappa shape index (κ3) is 5.74. The first kappa shape index (κ1) is 34.0. The number of ether oxygens (including phenoxy) is 2. The Bertz CT molecular complexity index is 2100. The Labute approximate surface area is 303 Å². The molecule has 3 aromatic heterocycles. The number of rotatable bonds is 9. The number of nitriles is 1. The molecule has 1 saturated carbocycles. The largest absolute Gasteiger partial charge is 0.463 e. The van der Waals surface area contributed by atoms with E-state index in [4.69, 9.17) is 25.2 Å². The number of anilines is 2. The molecule has 15 heteroatoms. The van der Waals surface area contributed by atoms with Crippen molar-refractivity contribution in [3.8, 4) is 23.3 Å². The summed E-state index contributed by atoms with van der Waals surface area (Å²) in [5.74, 6) is -0.710. The van der Waals surface area contributed by atoms with Crippen molar-refractivity contribution in [1.82, 2.24) is 24.8 Å². The van der Waals surface area contributed by atoms with Crippen LogP contribution < -0.4 is 15.4 Å². The van der Waals surface area contributed by atoms with E-state index in [1.165, 1.54) is 0 Å². The highest BCUT2D eigenvalue weighted by atomic mass is 32.1. The monoisotopic (exact) mass is 734 g/mol. The molecule has 274 valence electrons. The third-order valence-electron chi connectivity index (χ3n) is 11.7. The zero-order valence-corrected chi connectivity index (χ0v) is 29.8. The van der Waals surface area contributed by atoms with Crippen molar-refractivity contribution in [1.29, 1.82) is 5.26 Å². The molecule has 11 nitrogen and oxygen atoms in total. The number of benzene rings is 1. The summed E-state index contributed by atoms with van der Waals surface area (Å²) in [4.78, 5) is 21.1. The average molecular weight is 735 g/mol. The highest BCUT2D eigenvalue weighted by molar-refractivity contribution is 7.23. The molecule has 3 saturated heterocycles. The Kier molecular flexibility index (Phi) is 8.46.